The van der Waals surface area contributed by atoms with Crippen LogP contribution in [0.3, 0.4) is 0 Å². The number of nitrogens with zero attached hydrogens (tertiary/aromatic N) is 1. The molecule has 1 aliphatic heterocycles. The van der Waals surface area contributed by atoms with E-state index >= 15 is 0 Å². The molecular weight excluding hydrogens is 384 g/mol. The third-order valence-electron chi connectivity index (χ3n) is 6.20. The Bertz CT molecular complexity index is 862. The molecule has 1 heterocycles. The van der Waals surface area contributed by atoms with Crippen LogP contribution in [0.5, 0.6) is 5.75 Å². The van der Waals surface area contributed by atoms with Crippen molar-refractivity contribution >= 4 is 17.4 Å². The summed E-state index contributed by atoms with van der Waals surface area (Å²) in [5, 5.41) is 0.709. The van der Waals surface area contributed by atoms with E-state index in [4.69, 9.17) is 22.1 Å². The van der Waals surface area contributed by atoms with Gasteiger partial charge in [-0.1, -0.05) is 23.7 Å². The summed E-state index contributed by atoms with van der Waals surface area (Å²) in [7, 11) is 0. The van der Waals surface area contributed by atoms with Gasteiger partial charge >= 0.3 is 0 Å². The van der Waals surface area contributed by atoms with Crippen molar-refractivity contribution in [1.29, 1.82) is 0 Å². The van der Waals surface area contributed by atoms with Crippen LogP contribution in [0.2, 0.25) is 5.02 Å². The highest BCUT2D eigenvalue weighted by atomic mass is 35.5. The molecule has 2 N–H and O–H groups in total. The smallest absolute Gasteiger partial charge is 0.166 e. The van der Waals surface area contributed by atoms with Crippen LogP contribution in [0.15, 0.2) is 42.5 Å². The molecule has 1 atom stereocenters. The second kappa shape index (κ2) is 9.29. The lowest BCUT2D eigenvalue weighted by Gasteiger charge is -2.32. The van der Waals surface area contributed by atoms with Crippen molar-refractivity contribution in [2.75, 3.05) is 19.6 Å². The molecule has 1 fully saturated rings. The summed E-state index contributed by atoms with van der Waals surface area (Å²) >= 11 is 6.03. The minimum atomic E-state index is 0.135. The predicted molar refractivity (Wildman–Crippen MR) is 117 cm³/mol. The number of nitrogens with two attached hydrogens (primary N) is 1. The van der Waals surface area contributed by atoms with E-state index in [0.717, 1.165) is 74.2 Å². The molecule has 0 aromatic heterocycles. The van der Waals surface area contributed by atoms with Crippen LogP contribution in [0.1, 0.15) is 47.2 Å². The van der Waals surface area contributed by atoms with Crippen LogP contribution in [0, 0.1) is 5.92 Å². The number of piperidine rings is 1. The molecule has 29 heavy (non-hydrogen) atoms. The van der Waals surface area contributed by atoms with E-state index in [1.54, 1.807) is 0 Å². The van der Waals surface area contributed by atoms with Gasteiger partial charge in [0.15, 0.2) is 5.78 Å². The van der Waals surface area contributed by atoms with E-state index in [2.05, 4.69) is 4.90 Å². The van der Waals surface area contributed by atoms with Gasteiger partial charge in [0.05, 0.1) is 0 Å². The van der Waals surface area contributed by atoms with Crippen LogP contribution in [0.25, 0.3) is 0 Å². The Morgan fingerprint density at radius 1 is 1.10 bits per heavy atom. The molecule has 2 aromatic rings. The van der Waals surface area contributed by atoms with Gasteiger partial charge in [-0.15, -0.1) is 0 Å². The summed E-state index contributed by atoms with van der Waals surface area (Å²) in [5.41, 5.74) is 9.00. The fourth-order valence-corrected chi connectivity index (χ4v) is 4.58. The lowest BCUT2D eigenvalue weighted by atomic mass is 9.81. The first-order valence-corrected chi connectivity index (χ1v) is 11.0. The number of carbonyl (C=O) groups is 1. The Balaban J connectivity index is 1.33. The minimum Gasteiger partial charge on any atom is -0.489 e. The normalized spacial score (nSPS) is 20.5. The second-order valence-corrected chi connectivity index (χ2v) is 8.74. The number of Topliss-reactive ketones (excluding diaryl/α,β-unsaturated/α-hetero) is 1. The van der Waals surface area contributed by atoms with Crippen LogP contribution in [0.4, 0.5) is 0 Å². The van der Waals surface area contributed by atoms with Crippen LogP contribution in [-0.4, -0.2) is 36.4 Å². The molecular formula is C24H29ClN2O2. The fraction of sp³-hybridized carbons (Fsp3) is 0.458. The van der Waals surface area contributed by atoms with E-state index in [9.17, 15) is 4.79 Å². The zero-order valence-corrected chi connectivity index (χ0v) is 17.5. The molecule has 154 valence electrons. The van der Waals surface area contributed by atoms with Gasteiger partial charge in [0.1, 0.15) is 12.4 Å². The number of hydrogen-bond donors (Lipinski definition) is 1. The van der Waals surface area contributed by atoms with Crippen LogP contribution < -0.4 is 10.5 Å². The summed E-state index contributed by atoms with van der Waals surface area (Å²) in [6.07, 6.45) is 4.95. The predicted octanol–water partition coefficient (Wildman–Crippen LogP) is 4.48. The monoisotopic (exact) mass is 412 g/mol. The third kappa shape index (κ3) is 5.19. The van der Waals surface area contributed by atoms with Gasteiger partial charge < -0.3 is 15.4 Å². The molecule has 1 saturated heterocycles. The molecule has 4 rings (SSSR count). The summed E-state index contributed by atoms with van der Waals surface area (Å²) in [4.78, 5) is 15.4. The summed E-state index contributed by atoms with van der Waals surface area (Å²) < 4.78 is 5.92. The fourth-order valence-electron chi connectivity index (χ4n) is 4.37. The average molecular weight is 413 g/mol. The van der Waals surface area contributed by atoms with Crippen LogP contribution in [-0.2, 0) is 13.0 Å². The molecule has 0 spiro atoms. The van der Waals surface area contributed by atoms with Gasteiger partial charge in [0.2, 0.25) is 0 Å². The number of halogens is 1. The van der Waals surface area contributed by atoms with Crippen molar-refractivity contribution in [2.24, 2.45) is 11.7 Å². The number of hydrogen-bond acceptors (Lipinski definition) is 4. The molecule has 0 bridgehead atoms. The SMILES string of the molecule is NC1CCN(CCC2CCc3cc(OCc4cccc(Cl)c4)ccc3C2=O)CC1. The topological polar surface area (TPSA) is 55.6 Å². The zero-order valence-electron chi connectivity index (χ0n) is 16.8. The van der Waals surface area contributed by atoms with Gasteiger partial charge in [-0.3, -0.25) is 4.79 Å². The minimum absolute atomic E-state index is 0.135. The van der Waals surface area contributed by atoms with Gasteiger partial charge in [-0.2, -0.15) is 0 Å². The summed E-state index contributed by atoms with van der Waals surface area (Å²) in [6.45, 7) is 3.59. The van der Waals surface area contributed by atoms with Crippen molar-refractivity contribution in [3.63, 3.8) is 0 Å². The number of benzene rings is 2. The number of ketones is 1. The number of likely N-dealkylation sites (tertiary alicyclic amines) is 1. The van der Waals surface area contributed by atoms with Crippen molar-refractivity contribution in [2.45, 2.75) is 44.8 Å². The lowest BCUT2D eigenvalue weighted by Crippen LogP contribution is -2.40. The number of ether oxygens (including phenoxy) is 1. The molecule has 4 nitrogen and oxygen atoms in total. The molecule has 0 amide bonds. The lowest BCUT2D eigenvalue weighted by molar-refractivity contribution is 0.0877. The van der Waals surface area contributed by atoms with E-state index in [0.29, 0.717) is 23.5 Å². The van der Waals surface area contributed by atoms with Crippen molar-refractivity contribution in [1.82, 2.24) is 4.90 Å². The molecule has 1 aliphatic carbocycles. The first-order chi connectivity index (χ1) is 14.1. The highest BCUT2D eigenvalue weighted by Gasteiger charge is 2.28. The number of fused-ring (bicyclic) bond motifs is 1. The molecule has 0 radical (unpaired) electrons. The molecule has 2 aliphatic rings. The van der Waals surface area contributed by atoms with Gasteiger partial charge in [-0.25, -0.2) is 0 Å². The van der Waals surface area contributed by atoms with Gasteiger partial charge in [-0.05, 0) is 93.2 Å². The van der Waals surface area contributed by atoms with Crippen LogP contribution >= 0.6 is 11.6 Å². The van der Waals surface area contributed by atoms with E-state index < -0.39 is 0 Å². The van der Waals surface area contributed by atoms with Gasteiger partial charge in [0, 0.05) is 22.5 Å². The van der Waals surface area contributed by atoms with Crippen molar-refractivity contribution in [3.8, 4) is 5.75 Å². The highest BCUT2D eigenvalue weighted by molar-refractivity contribution is 6.30. The maximum Gasteiger partial charge on any atom is 0.166 e. The Morgan fingerprint density at radius 3 is 2.72 bits per heavy atom. The van der Waals surface area contributed by atoms with E-state index in [-0.39, 0.29) is 5.92 Å². The van der Waals surface area contributed by atoms with E-state index in [1.165, 1.54) is 0 Å². The van der Waals surface area contributed by atoms with Crippen molar-refractivity contribution in [3.05, 3.63) is 64.2 Å². The van der Waals surface area contributed by atoms with Crippen molar-refractivity contribution < 1.29 is 9.53 Å². The number of carbonyl (C=O) groups excluding carboxylic acids is 1. The standard InChI is InChI=1S/C24H29ClN2O2/c25-20-3-1-2-17(14-20)16-29-22-6-7-23-19(15-22)5-4-18(24(23)28)8-11-27-12-9-21(26)10-13-27/h1-3,6-7,14-15,18,21H,4-5,8-13,16,26H2. The second-order valence-electron chi connectivity index (χ2n) is 8.31. The molecule has 1 unspecified atom stereocenters. The first kappa shape index (κ1) is 20.4. The summed E-state index contributed by atoms with van der Waals surface area (Å²) in [5.74, 6) is 1.23. The van der Waals surface area contributed by atoms with Gasteiger partial charge in [0.25, 0.3) is 0 Å². The Labute approximate surface area is 178 Å². The Kier molecular flexibility index (Phi) is 6.53. The highest BCUT2D eigenvalue weighted by Crippen LogP contribution is 2.31. The number of aryl methyl sites for hydroxylation is 1. The maximum absolute atomic E-state index is 13.0. The Morgan fingerprint density at radius 2 is 1.93 bits per heavy atom. The largest absolute Gasteiger partial charge is 0.489 e. The number of rotatable bonds is 6. The molecule has 0 saturated carbocycles. The zero-order chi connectivity index (χ0) is 20.2. The third-order valence-corrected chi connectivity index (χ3v) is 6.43. The molecule has 5 heteroatoms. The maximum atomic E-state index is 13.0. The first-order valence-electron chi connectivity index (χ1n) is 10.6. The summed E-state index contributed by atoms with van der Waals surface area (Å²) in [6, 6.07) is 13.9. The van der Waals surface area contributed by atoms with E-state index in [1.807, 2.05) is 42.5 Å². The average Bonchev–Trinajstić information content (AvgIpc) is 2.73. The quantitative estimate of drug-likeness (QED) is 0.760. The molecule has 2 aromatic carbocycles. The Hall–Kier alpha value is -1.88.